The van der Waals surface area contributed by atoms with E-state index in [0.717, 1.165) is 30.4 Å². The van der Waals surface area contributed by atoms with E-state index in [0.29, 0.717) is 24.8 Å². The Morgan fingerprint density at radius 2 is 1.83 bits per heavy atom. The van der Waals surface area contributed by atoms with Gasteiger partial charge < -0.3 is 11.1 Å². The second kappa shape index (κ2) is 16.2. The van der Waals surface area contributed by atoms with Gasteiger partial charge >= 0.3 is 6.68 Å². The number of alkyl halides is 5. The number of nitrogens with zero attached hydrogens (tertiary/aromatic N) is 2. The second-order valence-corrected chi connectivity index (χ2v) is 11.7. The summed E-state index contributed by atoms with van der Waals surface area (Å²) >= 11 is 0. The maximum absolute atomic E-state index is 15.6. The van der Waals surface area contributed by atoms with Crippen LogP contribution in [0.1, 0.15) is 95.4 Å². The maximum Gasteiger partial charge on any atom is 0.379 e. The number of amides is 2. The summed E-state index contributed by atoms with van der Waals surface area (Å²) in [4.78, 5) is 32.3. The van der Waals surface area contributed by atoms with E-state index in [1.54, 1.807) is 0 Å². The number of carbonyl (C=O) groups is 2. The van der Waals surface area contributed by atoms with Crippen molar-refractivity contribution in [1.29, 1.82) is 0 Å². The molecule has 0 fully saturated rings. The molecule has 0 spiro atoms. The largest absolute Gasteiger partial charge is 0.379 e. The standard InChI is InChI=1S/C32H38F2N4O2.C2H6.CHF3/c1-4-19(2)29-25-15-12-20(3)30(40)37-26-11-7-9-22-14-13-21(16-24(22)26)8-5-6-10-23-17-28(39)38(31(35)36-23)27(29)18-32(25,33)34;1-2;2-1(3)4/h5,8,12-16,19,23,26-27H,3-4,6-7,9-11,17-18H2,1-2H3,(H2,35,36)(H,37,40);1-2H3;1H/b8-5-,15-12-;;. The van der Waals surface area contributed by atoms with Crippen LogP contribution in [0.2, 0.25) is 0 Å². The van der Waals surface area contributed by atoms with Crippen molar-refractivity contribution in [1.82, 2.24) is 10.2 Å². The van der Waals surface area contributed by atoms with E-state index in [2.05, 4.69) is 41.2 Å². The molecule has 0 saturated carbocycles. The van der Waals surface area contributed by atoms with E-state index in [9.17, 15) is 22.8 Å². The Balaban J connectivity index is 0.000000891. The van der Waals surface area contributed by atoms with Gasteiger partial charge in [0.1, 0.15) is 0 Å². The number of fused-ring (bicyclic) bond motifs is 6. The van der Waals surface area contributed by atoms with Crippen LogP contribution in [0.25, 0.3) is 6.08 Å². The predicted octanol–water partition coefficient (Wildman–Crippen LogP) is 7.97. The molecule has 0 radical (unpaired) electrons. The number of hydrogen-bond acceptors (Lipinski definition) is 4. The average molecular weight is 649 g/mol. The van der Waals surface area contributed by atoms with Crippen LogP contribution in [-0.4, -0.2) is 47.4 Å². The zero-order chi connectivity index (χ0) is 34.2. The number of benzene rings is 1. The molecule has 252 valence electrons. The molecular formula is C35H45F5N4O2. The summed E-state index contributed by atoms with van der Waals surface area (Å²) in [5.41, 5.74) is 10.00. The first-order valence-electron chi connectivity index (χ1n) is 16.0. The highest BCUT2D eigenvalue weighted by atomic mass is 19.4. The third-order valence-electron chi connectivity index (χ3n) is 8.72. The Labute approximate surface area is 268 Å². The number of carbonyl (C=O) groups excluding carboxylic acids is 2. The molecule has 3 N–H and O–H groups in total. The van der Waals surface area contributed by atoms with Crippen LogP contribution < -0.4 is 11.1 Å². The van der Waals surface area contributed by atoms with E-state index in [-0.39, 0.29) is 53.3 Å². The van der Waals surface area contributed by atoms with Gasteiger partial charge in [-0.3, -0.25) is 14.5 Å². The van der Waals surface area contributed by atoms with Crippen molar-refractivity contribution < 1.29 is 31.5 Å². The first-order valence-corrected chi connectivity index (χ1v) is 16.0. The van der Waals surface area contributed by atoms with Crippen LogP contribution in [-0.2, 0) is 16.0 Å². The molecule has 1 aromatic carbocycles. The highest BCUT2D eigenvalue weighted by Gasteiger charge is 2.51. The van der Waals surface area contributed by atoms with Crippen LogP contribution in [0.5, 0.6) is 0 Å². The molecule has 1 aromatic rings. The number of aliphatic imine (C=N–C) groups is 1. The van der Waals surface area contributed by atoms with Crippen molar-refractivity contribution in [3.63, 3.8) is 0 Å². The molecule has 5 aliphatic rings. The van der Waals surface area contributed by atoms with Crippen LogP contribution >= 0.6 is 0 Å². The van der Waals surface area contributed by atoms with E-state index in [1.807, 2.05) is 33.8 Å². The van der Waals surface area contributed by atoms with Crippen molar-refractivity contribution in [2.75, 3.05) is 0 Å². The van der Waals surface area contributed by atoms with Gasteiger partial charge in [-0.1, -0.05) is 64.6 Å². The molecule has 6 rings (SSSR count). The lowest BCUT2D eigenvalue weighted by Gasteiger charge is -2.36. The lowest BCUT2D eigenvalue weighted by atomic mass is 9.86. The summed E-state index contributed by atoms with van der Waals surface area (Å²) in [5.74, 6) is -4.10. The monoisotopic (exact) mass is 648 g/mol. The fourth-order valence-electron chi connectivity index (χ4n) is 6.43. The molecule has 2 amide bonds. The SMILES string of the molecule is C=C1/C=C\C2=C(C(C)CC)C(CC2(F)F)N2C(=O)CC(CC/C=C\c3ccc4c(c3)C(CCC4)NC1=O)N=C2N.CC.FC(F)F. The number of nitrogens with one attached hydrogen (secondary N) is 1. The van der Waals surface area contributed by atoms with Crippen LogP contribution in [0.4, 0.5) is 22.0 Å². The maximum atomic E-state index is 15.6. The number of rotatable bonds is 2. The Morgan fingerprint density at radius 3 is 2.48 bits per heavy atom. The molecule has 4 atom stereocenters. The summed E-state index contributed by atoms with van der Waals surface area (Å²) in [6.45, 7) is 8.03. The topological polar surface area (TPSA) is 87.8 Å². The summed E-state index contributed by atoms with van der Waals surface area (Å²) in [5, 5.41) is 3.08. The molecular weight excluding hydrogens is 603 g/mol. The molecule has 46 heavy (non-hydrogen) atoms. The minimum Gasteiger partial charge on any atom is -0.369 e. The zero-order valence-electron chi connectivity index (χ0n) is 27.0. The highest BCUT2D eigenvalue weighted by molar-refractivity contribution is 5.99. The van der Waals surface area contributed by atoms with Gasteiger partial charge in [-0.2, -0.15) is 13.2 Å². The Hall–Kier alpha value is -3.76. The third-order valence-corrected chi connectivity index (χ3v) is 8.72. The third kappa shape index (κ3) is 8.73. The van der Waals surface area contributed by atoms with Crippen molar-refractivity contribution in [2.45, 2.75) is 110 Å². The molecule has 11 heteroatoms. The second-order valence-electron chi connectivity index (χ2n) is 11.7. The lowest BCUT2D eigenvalue weighted by molar-refractivity contribution is -0.130. The van der Waals surface area contributed by atoms with Gasteiger partial charge in [-0.25, -0.2) is 13.8 Å². The van der Waals surface area contributed by atoms with Gasteiger partial charge in [-0.05, 0) is 78.8 Å². The number of hydrogen-bond donors (Lipinski definition) is 2. The normalized spacial score (nSPS) is 26.2. The van der Waals surface area contributed by atoms with Crippen molar-refractivity contribution in [3.05, 3.63) is 76.4 Å². The number of allylic oxidation sites excluding steroid dienone is 3. The van der Waals surface area contributed by atoms with Gasteiger partial charge in [0.25, 0.3) is 11.8 Å². The molecule has 0 aromatic heterocycles. The minimum absolute atomic E-state index is 0.00372. The van der Waals surface area contributed by atoms with Crippen LogP contribution in [0, 0.1) is 5.92 Å². The van der Waals surface area contributed by atoms with E-state index in [1.165, 1.54) is 22.6 Å². The average Bonchev–Trinajstić information content (AvgIpc) is 3.27. The highest BCUT2D eigenvalue weighted by Crippen LogP contribution is 2.47. The van der Waals surface area contributed by atoms with Crippen LogP contribution in [0.15, 0.2) is 64.7 Å². The molecule has 6 bridgehead atoms. The molecule has 3 aliphatic heterocycles. The Morgan fingerprint density at radius 1 is 1.13 bits per heavy atom. The van der Waals surface area contributed by atoms with Crippen molar-refractivity contribution in [3.8, 4) is 0 Å². The number of guanidine groups is 1. The molecule has 0 saturated heterocycles. The van der Waals surface area contributed by atoms with E-state index >= 15 is 8.78 Å². The quantitative estimate of drug-likeness (QED) is 0.252. The lowest BCUT2D eigenvalue weighted by Crippen LogP contribution is -2.53. The summed E-state index contributed by atoms with van der Waals surface area (Å²) in [6, 6.07) is 4.94. The Bertz CT molecular complexity index is 1400. The minimum atomic E-state index is -3.67. The fourth-order valence-corrected chi connectivity index (χ4v) is 6.43. The van der Waals surface area contributed by atoms with Gasteiger partial charge in [-0.15, -0.1) is 0 Å². The summed E-state index contributed by atoms with van der Waals surface area (Å²) in [6.07, 6.45) is 11.0. The van der Waals surface area contributed by atoms with Crippen molar-refractivity contribution >= 4 is 23.8 Å². The smallest absolute Gasteiger partial charge is 0.369 e. The first-order chi connectivity index (χ1) is 21.8. The van der Waals surface area contributed by atoms with Crippen molar-refractivity contribution in [2.24, 2.45) is 16.6 Å². The number of nitrogens with two attached hydrogens (primary N) is 1. The van der Waals surface area contributed by atoms with Gasteiger partial charge in [0.05, 0.1) is 18.1 Å². The molecule has 4 unspecified atom stereocenters. The molecule has 3 heterocycles. The van der Waals surface area contributed by atoms with E-state index in [4.69, 9.17) is 5.73 Å². The first kappa shape index (κ1) is 36.7. The summed E-state index contributed by atoms with van der Waals surface area (Å²) < 4.78 is 60.2. The number of halogens is 5. The predicted molar refractivity (Wildman–Crippen MR) is 172 cm³/mol. The molecule has 6 nitrogen and oxygen atoms in total. The van der Waals surface area contributed by atoms with Crippen LogP contribution in [0.3, 0.4) is 0 Å². The zero-order valence-corrected chi connectivity index (χ0v) is 27.0. The fraction of sp³-hybridized carbons (Fsp3) is 0.514. The van der Waals surface area contributed by atoms with Gasteiger partial charge in [0.15, 0.2) is 5.96 Å². The summed E-state index contributed by atoms with van der Waals surface area (Å²) in [7, 11) is 0. The molecule has 2 aliphatic carbocycles. The van der Waals surface area contributed by atoms with Gasteiger partial charge in [0.2, 0.25) is 5.91 Å². The Kier molecular flexibility index (Phi) is 12.9. The number of aryl methyl sites for hydroxylation is 1. The van der Waals surface area contributed by atoms with Gasteiger partial charge in [0, 0.05) is 24.0 Å². The van der Waals surface area contributed by atoms with E-state index < -0.39 is 25.1 Å².